The molecule has 0 bridgehead atoms. The number of rotatable bonds is 4. The van der Waals surface area contributed by atoms with Crippen LogP contribution in [0.4, 0.5) is 5.69 Å². The highest BCUT2D eigenvalue weighted by atomic mass is 16.5. The number of ether oxygens (including phenoxy) is 1. The first-order chi connectivity index (χ1) is 8.55. The van der Waals surface area contributed by atoms with Gasteiger partial charge in [0.25, 0.3) is 0 Å². The number of aliphatic carboxylic acids is 1. The SMILES string of the molecule is Cc1ccccc1N(C)CC1(C(=O)O)CCOC1. The summed E-state index contributed by atoms with van der Waals surface area (Å²) in [6.07, 6.45) is 0.582. The number of para-hydroxylation sites is 1. The molecule has 0 amide bonds. The van der Waals surface area contributed by atoms with Gasteiger partial charge in [0.15, 0.2) is 0 Å². The number of carboxylic acid groups (broad SMARTS) is 1. The quantitative estimate of drug-likeness (QED) is 0.885. The molecule has 0 radical (unpaired) electrons. The van der Waals surface area contributed by atoms with E-state index < -0.39 is 11.4 Å². The van der Waals surface area contributed by atoms with Crippen LogP contribution >= 0.6 is 0 Å². The summed E-state index contributed by atoms with van der Waals surface area (Å²) >= 11 is 0. The number of nitrogens with zero attached hydrogens (tertiary/aromatic N) is 1. The van der Waals surface area contributed by atoms with Gasteiger partial charge in [-0.2, -0.15) is 0 Å². The van der Waals surface area contributed by atoms with Crippen LogP contribution in [0, 0.1) is 12.3 Å². The molecule has 1 saturated heterocycles. The van der Waals surface area contributed by atoms with Crippen molar-refractivity contribution in [2.45, 2.75) is 13.3 Å². The molecule has 0 spiro atoms. The first-order valence-corrected chi connectivity index (χ1v) is 6.13. The lowest BCUT2D eigenvalue weighted by atomic mass is 9.86. The molecule has 1 heterocycles. The van der Waals surface area contributed by atoms with Crippen molar-refractivity contribution in [1.82, 2.24) is 0 Å². The first kappa shape index (κ1) is 12.9. The first-order valence-electron chi connectivity index (χ1n) is 6.13. The highest BCUT2D eigenvalue weighted by molar-refractivity contribution is 5.76. The van der Waals surface area contributed by atoms with Crippen LogP contribution in [-0.2, 0) is 9.53 Å². The van der Waals surface area contributed by atoms with Crippen molar-refractivity contribution in [3.63, 3.8) is 0 Å². The zero-order valence-electron chi connectivity index (χ0n) is 10.8. The molecule has 1 fully saturated rings. The summed E-state index contributed by atoms with van der Waals surface area (Å²) in [4.78, 5) is 13.5. The minimum atomic E-state index is -0.767. The van der Waals surface area contributed by atoms with Crippen molar-refractivity contribution >= 4 is 11.7 Å². The van der Waals surface area contributed by atoms with Gasteiger partial charge in [0, 0.05) is 25.9 Å². The van der Waals surface area contributed by atoms with Crippen molar-refractivity contribution in [3.8, 4) is 0 Å². The van der Waals surface area contributed by atoms with Gasteiger partial charge in [-0.25, -0.2) is 0 Å². The number of hydrogen-bond acceptors (Lipinski definition) is 3. The summed E-state index contributed by atoms with van der Waals surface area (Å²) < 4.78 is 5.28. The van der Waals surface area contributed by atoms with Crippen LogP contribution in [0.1, 0.15) is 12.0 Å². The normalized spacial score (nSPS) is 23.0. The molecule has 0 aliphatic carbocycles. The van der Waals surface area contributed by atoms with Crippen molar-refractivity contribution in [2.24, 2.45) is 5.41 Å². The zero-order chi connectivity index (χ0) is 13.2. The fourth-order valence-corrected chi connectivity index (χ4v) is 2.50. The average molecular weight is 249 g/mol. The lowest BCUT2D eigenvalue weighted by Gasteiger charge is -2.30. The largest absolute Gasteiger partial charge is 0.481 e. The zero-order valence-corrected chi connectivity index (χ0v) is 10.8. The van der Waals surface area contributed by atoms with E-state index in [0.29, 0.717) is 26.2 Å². The molecule has 2 rings (SSSR count). The second-order valence-electron chi connectivity index (χ2n) is 5.03. The molecule has 98 valence electrons. The lowest BCUT2D eigenvalue weighted by molar-refractivity contribution is -0.148. The molecule has 1 aliphatic rings. The second kappa shape index (κ2) is 4.98. The van der Waals surface area contributed by atoms with Gasteiger partial charge in [0.05, 0.1) is 6.61 Å². The van der Waals surface area contributed by atoms with Gasteiger partial charge < -0.3 is 14.7 Å². The maximum Gasteiger partial charge on any atom is 0.313 e. The fraction of sp³-hybridized carbons (Fsp3) is 0.500. The van der Waals surface area contributed by atoms with E-state index in [2.05, 4.69) is 0 Å². The summed E-state index contributed by atoms with van der Waals surface area (Å²) in [6, 6.07) is 8.00. The van der Waals surface area contributed by atoms with Gasteiger partial charge in [-0.3, -0.25) is 4.79 Å². The number of hydrogen-bond donors (Lipinski definition) is 1. The Bertz CT molecular complexity index is 438. The van der Waals surface area contributed by atoms with Crippen LogP contribution in [-0.4, -0.2) is 37.9 Å². The number of anilines is 1. The van der Waals surface area contributed by atoms with Crippen molar-refractivity contribution in [1.29, 1.82) is 0 Å². The fourth-order valence-electron chi connectivity index (χ4n) is 2.50. The van der Waals surface area contributed by atoms with E-state index in [1.54, 1.807) is 0 Å². The smallest absolute Gasteiger partial charge is 0.313 e. The van der Waals surface area contributed by atoms with Crippen LogP contribution in [0.25, 0.3) is 0 Å². The van der Waals surface area contributed by atoms with Gasteiger partial charge >= 0.3 is 5.97 Å². The van der Waals surface area contributed by atoms with Crippen LogP contribution in [0.15, 0.2) is 24.3 Å². The van der Waals surface area contributed by atoms with E-state index in [-0.39, 0.29) is 0 Å². The molecular weight excluding hydrogens is 230 g/mol. The molecule has 1 aliphatic heterocycles. The third-order valence-electron chi connectivity index (χ3n) is 3.62. The van der Waals surface area contributed by atoms with Crippen molar-refractivity contribution in [2.75, 3.05) is 31.7 Å². The minimum Gasteiger partial charge on any atom is -0.481 e. The van der Waals surface area contributed by atoms with Crippen molar-refractivity contribution in [3.05, 3.63) is 29.8 Å². The molecular formula is C14H19NO3. The summed E-state index contributed by atoms with van der Waals surface area (Å²) in [6.45, 7) is 3.35. The monoisotopic (exact) mass is 249 g/mol. The van der Waals surface area contributed by atoms with Crippen molar-refractivity contribution < 1.29 is 14.6 Å². The molecule has 0 aromatic heterocycles. The van der Waals surface area contributed by atoms with Crippen LogP contribution in [0.2, 0.25) is 0 Å². The Hall–Kier alpha value is -1.55. The summed E-state index contributed by atoms with van der Waals surface area (Å²) in [5.74, 6) is -0.763. The summed E-state index contributed by atoms with van der Waals surface area (Å²) in [5.41, 5.74) is 1.46. The van der Waals surface area contributed by atoms with E-state index in [1.165, 1.54) is 0 Å². The number of aryl methyl sites for hydroxylation is 1. The predicted octanol–water partition coefficient (Wildman–Crippen LogP) is 1.92. The van der Waals surface area contributed by atoms with E-state index in [4.69, 9.17) is 4.74 Å². The van der Waals surface area contributed by atoms with Crippen LogP contribution in [0.5, 0.6) is 0 Å². The Balaban J connectivity index is 2.18. The Morgan fingerprint density at radius 1 is 1.50 bits per heavy atom. The summed E-state index contributed by atoms with van der Waals surface area (Å²) in [5, 5.41) is 9.42. The van der Waals surface area contributed by atoms with E-state index in [0.717, 1.165) is 11.3 Å². The molecule has 0 saturated carbocycles. The van der Waals surface area contributed by atoms with Gasteiger partial charge in [0.2, 0.25) is 0 Å². The van der Waals surface area contributed by atoms with Gasteiger partial charge in [0.1, 0.15) is 5.41 Å². The maximum atomic E-state index is 11.5. The Labute approximate surface area is 107 Å². The van der Waals surface area contributed by atoms with E-state index >= 15 is 0 Å². The van der Waals surface area contributed by atoms with Gasteiger partial charge in [-0.05, 0) is 25.0 Å². The molecule has 1 aromatic rings. The molecule has 1 unspecified atom stereocenters. The molecule has 4 nitrogen and oxygen atoms in total. The summed E-state index contributed by atoms with van der Waals surface area (Å²) in [7, 11) is 1.94. The van der Waals surface area contributed by atoms with Crippen LogP contribution in [0.3, 0.4) is 0 Å². The highest BCUT2D eigenvalue weighted by Crippen LogP contribution is 2.32. The third-order valence-corrected chi connectivity index (χ3v) is 3.62. The third kappa shape index (κ3) is 2.34. The van der Waals surface area contributed by atoms with Gasteiger partial charge in [-0.15, -0.1) is 0 Å². The Kier molecular flexibility index (Phi) is 3.57. The predicted molar refractivity (Wildman–Crippen MR) is 70.0 cm³/mol. The molecule has 18 heavy (non-hydrogen) atoms. The number of carbonyl (C=O) groups is 1. The maximum absolute atomic E-state index is 11.5. The van der Waals surface area contributed by atoms with E-state index in [1.807, 2.05) is 43.1 Å². The number of carboxylic acids is 1. The average Bonchev–Trinajstić information content (AvgIpc) is 2.79. The van der Waals surface area contributed by atoms with E-state index in [9.17, 15) is 9.90 Å². The molecule has 4 heteroatoms. The second-order valence-corrected chi connectivity index (χ2v) is 5.03. The lowest BCUT2D eigenvalue weighted by Crippen LogP contribution is -2.42. The Morgan fingerprint density at radius 2 is 2.22 bits per heavy atom. The van der Waals surface area contributed by atoms with Crippen LogP contribution < -0.4 is 4.90 Å². The highest BCUT2D eigenvalue weighted by Gasteiger charge is 2.43. The standard InChI is InChI=1S/C14H19NO3/c1-11-5-3-4-6-12(11)15(2)9-14(13(16)17)7-8-18-10-14/h3-6H,7-10H2,1-2H3,(H,16,17). The molecule has 1 atom stereocenters. The van der Waals surface area contributed by atoms with Gasteiger partial charge in [-0.1, -0.05) is 18.2 Å². The molecule has 1 aromatic carbocycles. The number of benzene rings is 1. The Morgan fingerprint density at radius 3 is 2.78 bits per heavy atom. The topological polar surface area (TPSA) is 49.8 Å². The minimum absolute atomic E-state index is 0.304. The molecule has 1 N–H and O–H groups in total.